The first-order chi connectivity index (χ1) is 6.85. The standard InChI is InChI=1S/C12H24O3/c1-5-6-7-8-10(15-11(13)14)9-12(2,3)4/h10H,5-9H2,1-4H3,(H,13,14). The van der Waals surface area contributed by atoms with E-state index in [1.807, 2.05) is 0 Å². The predicted octanol–water partition coefficient (Wildman–Crippen LogP) is 4.07. The van der Waals surface area contributed by atoms with Crippen molar-refractivity contribution in [3.05, 3.63) is 0 Å². The Morgan fingerprint density at radius 3 is 2.33 bits per heavy atom. The molecule has 0 aliphatic heterocycles. The zero-order valence-electron chi connectivity index (χ0n) is 10.4. The van der Waals surface area contributed by atoms with Crippen LogP contribution in [-0.4, -0.2) is 17.4 Å². The molecular weight excluding hydrogens is 192 g/mol. The third-order valence-electron chi connectivity index (χ3n) is 2.24. The maximum absolute atomic E-state index is 10.5. The fraction of sp³-hybridized carbons (Fsp3) is 0.917. The molecule has 1 unspecified atom stereocenters. The molecule has 90 valence electrons. The Labute approximate surface area is 92.8 Å². The predicted molar refractivity (Wildman–Crippen MR) is 61.1 cm³/mol. The fourth-order valence-electron chi connectivity index (χ4n) is 1.65. The summed E-state index contributed by atoms with van der Waals surface area (Å²) < 4.78 is 4.89. The van der Waals surface area contributed by atoms with Crippen LogP contribution in [0.25, 0.3) is 0 Å². The van der Waals surface area contributed by atoms with Gasteiger partial charge in [-0.15, -0.1) is 0 Å². The molecule has 0 aromatic rings. The summed E-state index contributed by atoms with van der Waals surface area (Å²) in [6, 6.07) is 0. The van der Waals surface area contributed by atoms with Gasteiger partial charge in [-0.25, -0.2) is 4.79 Å². The van der Waals surface area contributed by atoms with Gasteiger partial charge in [0.1, 0.15) is 6.10 Å². The molecule has 0 spiro atoms. The summed E-state index contributed by atoms with van der Waals surface area (Å²) in [5.41, 5.74) is 0.117. The maximum atomic E-state index is 10.5. The Morgan fingerprint density at radius 1 is 1.33 bits per heavy atom. The van der Waals surface area contributed by atoms with Crippen molar-refractivity contribution in [2.75, 3.05) is 0 Å². The van der Waals surface area contributed by atoms with Crippen LogP contribution in [0.4, 0.5) is 4.79 Å². The smallest absolute Gasteiger partial charge is 0.450 e. The second-order valence-corrected chi connectivity index (χ2v) is 5.27. The first-order valence-corrected chi connectivity index (χ1v) is 5.74. The van der Waals surface area contributed by atoms with E-state index in [0.29, 0.717) is 0 Å². The lowest BCUT2D eigenvalue weighted by molar-refractivity contribution is 0.0292. The topological polar surface area (TPSA) is 46.5 Å². The van der Waals surface area contributed by atoms with E-state index in [4.69, 9.17) is 9.84 Å². The minimum Gasteiger partial charge on any atom is -0.450 e. The lowest BCUT2D eigenvalue weighted by Crippen LogP contribution is -2.23. The monoisotopic (exact) mass is 216 g/mol. The molecule has 0 heterocycles. The van der Waals surface area contributed by atoms with Gasteiger partial charge in [0.15, 0.2) is 0 Å². The van der Waals surface area contributed by atoms with Crippen LogP contribution >= 0.6 is 0 Å². The molecule has 0 fully saturated rings. The highest BCUT2D eigenvalue weighted by Crippen LogP contribution is 2.25. The molecular formula is C12H24O3. The van der Waals surface area contributed by atoms with E-state index < -0.39 is 6.16 Å². The van der Waals surface area contributed by atoms with Gasteiger partial charge in [-0.3, -0.25) is 0 Å². The molecule has 0 radical (unpaired) electrons. The Kier molecular flexibility index (Phi) is 6.37. The van der Waals surface area contributed by atoms with Crippen LogP contribution in [0, 0.1) is 5.41 Å². The Morgan fingerprint density at radius 2 is 1.93 bits per heavy atom. The van der Waals surface area contributed by atoms with Gasteiger partial charge in [0.2, 0.25) is 0 Å². The molecule has 0 amide bonds. The first-order valence-electron chi connectivity index (χ1n) is 5.74. The van der Waals surface area contributed by atoms with Crippen molar-refractivity contribution in [3.63, 3.8) is 0 Å². The number of carboxylic acid groups (broad SMARTS) is 1. The van der Waals surface area contributed by atoms with Crippen molar-refractivity contribution >= 4 is 6.16 Å². The summed E-state index contributed by atoms with van der Waals surface area (Å²) >= 11 is 0. The lowest BCUT2D eigenvalue weighted by Gasteiger charge is -2.24. The summed E-state index contributed by atoms with van der Waals surface area (Å²) in [5, 5.41) is 8.62. The van der Waals surface area contributed by atoms with Crippen molar-refractivity contribution in [2.24, 2.45) is 5.41 Å². The van der Waals surface area contributed by atoms with Gasteiger partial charge in [-0.2, -0.15) is 0 Å². The third-order valence-corrected chi connectivity index (χ3v) is 2.24. The normalized spacial score (nSPS) is 13.6. The molecule has 0 aromatic carbocycles. The summed E-state index contributed by atoms with van der Waals surface area (Å²) in [5.74, 6) is 0. The molecule has 0 saturated carbocycles. The highest BCUT2D eigenvalue weighted by molar-refractivity contribution is 5.57. The van der Waals surface area contributed by atoms with Crippen molar-refractivity contribution in [3.8, 4) is 0 Å². The molecule has 0 bridgehead atoms. The van der Waals surface area contributed by atoms with Crippen molar-refractivity contribution < 1.29 is 14.6 Å². The maximum Gasteiger partial charge on any atom is 0.506 e. The number of hydrogen-bond donors (Lipinski definition) is 1. The summed E-state index contributed by atoms with van der Waals surface area (Å²) in [4.78, 5) is 10.5. The number of unbranched alkanes of at least 4 members (excludes halogenated alkanes) is 2. The molecule has 0 rings (SSSR count). The molecule has 3 heteroatoms. The van der Waals surface area contributed by atoms with Crippen LogP contribution in [0.15, 0.2) is 0 Å². The quantitative estimate of drug-likeness (QED) is 0.538. The summed E-state index contributed by atoms with van der Waals surface area (Å²) in [6.45, 7) is 8.44. The second kappa shape index (κ2) is 6.70. The largest absolute Gasteiger partial charge is 0.506 e. The highest BCUT2D eigenvalue weighted by atomic mass is 16.7. The van der Waals surface area contributed by atoms with Gasteiger partial charge in [-0.05, 0) is 24.7 Å². The first kappa shape index (κ1) is 14.3. The van der Waals surface area contributed by atoms with Crippen LogP contribution < -0.4 is 0 Å². The molecule has 0 aliphatic rings. The van der Waals surface area contributed by atoms with Crippen LogP contribution in [0.1, 0.15) is 59.8 Å². The van der Waals surface area contributed by atoms with Crippen molar-refractivity contribution in [1.82, 2.24) is 0 Å². The Balaban J connectivity index is 4.01. The van der Waals surface area contributed by atoms with E-state index in [9.17, 15) is 4.79 Å². The zero-order chi connectivity index (χ0) is 11.9. The summed E-state index contributed by atoms with van der Waals surface area (Å²) in [7, 11) is 0. The van der Waals surface area contributed by atoms with E-state index >= 15 is 0 Å². The number of rotatable bonds is 6. The molecule has 0 aromatic heterocycles. The Hall–Kier alpha value is -0.730. The highest BCUT2D eigenvalue weighted by Gasteiger charge is 2.21. The molecule has 15 heavy (non-hydrogen) atoms. The van der Waals surface area contributed by atoms with Gasteiger partial charge in [0, 0.05) is 0 Å². The van der Waals surface area contributed by atoms with Crippen molar-refractivity contribution in [2.45, 2.75) is 65.9 Å². The Bertz CT molecular complexity index is 182. The average molecular weight is 216 g/mol. The van der Waals surface area contributed by atoms with E-state index in [1.165, 1.54) is 0 Å². The SMILES string of the molecule is CCCCCC(CC(C)(C)C)OC(=O)O. The van der Waals surface area contributed by atoms with Gasteiger partial charge in [-0.1, -0.05) is 40.5 Å². The van der Waals surface area contributed by atoms with Crippen molar-refractivity contribution in [1.29, 1.82) is 0 Å². The minimum absolute atomic E-state index is 0.117. The van der Waals surface area contributed by atoms with Gasteiger partial charge in [0.25, 0.3) is 0 Å². The van der Waals surface area contributed by atoms with Gasteiger partial charge >= 0.3 is 6.16 Å². The van der Waals surface area contributed by atoms with E-state index in [-0.39, 0.29) is 11.5 Å². The minimum atomic E-state index is -1.15. The average Bonchev–Trinajstić information content (AvgIpc) is 2.00. The van der Waals surface area contributed by atoms with E-state index in [2.05, 4.69) is 27.7 Å². The second-order valence-electron chi connectivity index (χ2n) is 5.27. The van der Waals surface area contributed by atoms with Gasteiger partial charge < -0.3 is 9.84 Å². The number of ether oxygens (including phenoxy) is 1. The molecule has 0 aliphatic carbocycles. The van der Waals surface area contributed by atoms with Gasteiger partial charge in [0.05, 0.1) is 0 Å². The molecule has 0 saturated heterocycles. The van der Waals surface area contributed by atoms with Crippen LogP contribution in [0.2, 0.25) is 0 Å². The number of carbonyl (C=O) groups is 1. The van der Waals surface area contributed by atoms with Crippen LogP contribution in [-0.2, 0) is 4.74 Å². The summed E-state index contributed by atoms with van der Waals surface area (Å²) in [6.07, 6.45) is 3.68. The van der Waals surface area contributed by atoms with Crippen LogP contribution in [0.3, 0.4) is 0 Å². The molecule has 3 nitrogen and oxygen atoms in total. The zero-order valence-corrected chi connectivity index (χ0v) is 10.4. The van der Waals surface area contributed by atoms with E-state index in [0.717, 1.165) is 32.1 Å². The van der Waals surface area contributed by atoms with Crippen LogP contribution in [0.5, 0.6) is 0 Å². The number of hydrogen-bond acceptors (Lipinski definition) is 2. The molecule has 1 N–H and O–H groups in total. The third kappa shape index (κ3) is 9.57. The molecule has 1 atom stereocenters. The van der Waals surface area contributed by atoms with E-state index in [1.54, 1.807) is 0 Å². The lowest BCUT2D eigenvalue weighted by atomic mass is 9.87. The fourth-order valence-corrected chi connectivity index (χ4v) is 1.65.